The molecule has 264 valence electrons. The second kappa shape index (κ2) is 12.7. The molecule has 5 fully saturated rings. The molecule has 8 aliphatic carbocycles. The van der Waals surface area contributed by atoms with Gasteiger partial charge in [0.2, 0.25) is 0 Å². The van der Waals surface area contributed by atoms with E-state index in [4.69, 9.17) is 16.5 Å². The zero-order chi connectivity index (χ0) is 32.7. The molecule has 48 heavy (non-hydrogen) atoms. The summed E-state index contributed by atoms with van der Waals surface area (Å²) in [4.78, 5) is 0. The summed E-state index contributed by atoms with van der Waals surface area (Å²) in [6.07, 6.45) is 36.1. The van der Waals surface area contributed by atoms with Crippen LogP contribution in [0.25, 0.3) is 0 Å². The van der Waals surface area contributed by atoms with Crippen LogP contribution < -0.4 is 0 Å². The minimum Gasteiger partial charge on any atom is -0.416 e. The predicted octanol–water partition coefficient (Wildman–Crippen LogP) is 10.8. The standard InChI is InChI=1S/C40H64O4Si4/c1-45(17-13-37-25-29-5-9-33(37)21-29)41-46(2,18-14-38-26-30-6-10-34(38)22-30)43-48(4,20-16-40-28-32-8-12-36(40)24-32)44-47(3,42-45)19-15-39-27-31-7-11-35(39)23-31/h5-12,29-40H,13-28H2,1-4H3. The van der Waals surface area contributed by atoms with Gasteiger partial charge >= 0.3 is 34.2 Å². The van der Waals surface area contributed by atoms with Crippen molar-refractivity contribution in [2.45, 2.75) is 127 Å². The van der Waals surface area contributed by atoms with E-state index in [1.54, 1.807) is 0 Å². The Morgan fingerprint density at radius 1 is 0.354 bits per heavy atom. The lowest BCUT2D eigenvalue weighted by Crippen LogP contribution is -2.67. The van der Waals surface area contributed by atoms with Gasteiger partial charge in [-0.05, 0) is 198 Å². The summed E-state index contributed by atoms with van der Waals surface area (Å²) >= 11 is 0. The second-order valence-electron chi connectivity index (χ2n) is 19.3. The Labute approximate surface area is 296 Å². The van der Waals surface area contributed by atoms with E-state index in [-0.39, 0.29) is 0 Å². The molecular weight excluding hydrogens is 657 g/mol. The molecule has 12 atom stereocenters. The van der Waals surface area contributed by atoms with Crippen molar-refractivity contribution >= 4 is 34.2 Å². The highest BCUT2D eigenvalue weighted by Crippen LogP contribution is 2.51. The van der Waals surface area contributed by atoms with Crippen LogP contribution in [-0.4, -0.2) is 34.2 Å². The molecule has 1 heterocycles. The fraction of sp³-hybridized carbons (Fsp3) is 0.800. The van der Waals surface area contributed by atoms with Gasteiger partial charge in [-0.1, -0.05) is 48.6 Å². The van der Waals surface area contributed by atoms with Gasteiger partial charge in [0.05, 0.1) is 0 Å². The Kier molecular flexibility index (Phi) is 8.84. The lowest BCUT2D eigenvalue weighted by Gasteiger charge is -2.51. The minimum absolute atomic E-state index is 0.786. The number of hydrogen-bond donors (Lipinski definition) is 0. The largest absolute Gasteiger partial charge is 0.416 e. The highest BCUT2D eigenvalue weighted by Gasteiger charge is 2.58. The first-order chi connectivity index (χ1) is 23.0. The average Bonchev–Trinajstić information content (AvgIpc) is 3.90. The molecule has 0 amide bonds. The van der Waals surface area contributed by atoms with Crippen LogP contribution in [0, 0.1) is 71.0 Å². The summed E-state index contributed by atoms with van der Waals surface area (Å²) in [6.45, 7) is 9.80. The van der Waals surface area contributed by atoms with E-state index in [1.165, 1.54) is 77.0 Å². The van der Waals surface area contributed by atoms with Gasteiger partial charge < -0.3 is 16.5 Å². The molecule has 0 spiro atoms. The normalized spacial score (nSPS) is 53.9. The Balaban J connectivity index is 0.970. The van der Waals surface area contributed by atoms with E-state index >= 15 is 0 Å². The minimum atomic E-state index is -2.56. The van der Waals surface area contributed by atoms with Gasteiger partial charge in [-0.3, -0.25) is 0 Å². The van der Waals surface area contributed by atoms with E-state index in [0.29, 0.717) is 0 Å². The van der Waals surface area contributed by atoms with Crippen molar-refractivity contribution in [2.24, 2.45) is 71.0 Å². The molecule has 8 bridgehead atoms. The van der Waals surface area contributed by atoms with Crippen molar-refractivity contribution in [2.75, 3.05) is 0 Å². The summed E-state index contributed by atoms with van der Waals surface area (Å²) in [5, 5.41) is 0. The Bertz CT molecular complexity index is 1140. The third-order valence-corrected chi connectivity index (χ3v) is 33.9. The molecule has 1 aliphatic heterocycles. The van der Waals surface area contributed by atoms with Gasteiger partial charge in [0.15, 0.2) is 0 Å². The Morgan fingerprint density at radius 3 is 0.750 bits per heavy atom. The second-order valence-corrected chi connectivity index (χ2v) is 33.6. The third kappa shape index (κ3) is 6.81. The molecule has 8 heteroatoms. The van der Waals surface area contributed by atoms with Gasteiger partial charge in [-0.15, -0.1) is 0 Å². The number of allylic oxidation sites excluding steroid dienone is 8. The topological polar surface area (TPSA) is 36.9 Å². The van der Waals surface area contributed by atoms with Gasteiger partial charge in [-0.25, -0.2) is 0 Å². The van der Waals surface area contributed by atoms with Crippen molar-refractivity contribution in [1.82, 2.24) is 0 Å². The van der Waals surface area contributed by atoms with Gasteiger partial charge in [0, 0.05) is 0 Å². The summed E-state index contributed by atoms with van der Waals surface area (Å²) in [5.74, 6) is 9.66. The summed E-state index contributed by atoms with van der Waals surface area (Å²) in [7, 11) is -10.2. The SMILES string of the molecule is C[Si]1(CCC2CC3C=CC2C3)O[Si](C)(CCC2CC3C=CC2C3)O[Si](C)(CCC2CC3C=CC2C3)O[Si](C)(CCC2CC3C=CC2C3)O1. The fourth-order valence-electron chi connectivity index (χ4n) is 13.0. The van der Waals surface area contributed by atoms with Crippen LogP contribution in [-0.2, 0) is 16.5 Å². The molecule has 4 nitrogen and oxygen atoms in total. The molecule has 12 unspecified atom stereocenters. The van der Waals surface area contributed by atoms with Crippen molar-refractivity contribution in [3.8, 4) is 0 Å². The Morgan fingerprint density at radius 2 is 0.583 bits per heavy atom. The van der Waals surface area contributed by atoms with E-state index in [9.17, 15) is 0 Å². The zero-order valence-corrected chi connectivity index (χ0v) is 34.5. The maximum absolute atomic E-state index is 7.74. The maximum atomic E-state index is 7.74. The van der Waals surface area contributed by atoms with E-state index in [0.717, 1.165) is 95.2 Å². The molecule has 0 aromatic heterocycles. The third-order valence-electron chi connectivity index (χ3n) is 15.3. The van der Waals surface area contributed by atoms with E-state index < -0.39 is 34.2 Å². The van der Waals surface area contributed by atoms with Gasteiger partial charge in [0.1, 0.15) is 0 Å². The first-order valence-electron chi connectivity index (χ1n) is 20.5. The lowest BCUT2D eigenvalue weighted by molar-refractivity contribution is 0.213. The van der Waals surface area contributed by atoms with E-state index in [1.807, 2.05) is 0 Å². The van der Waals surface area contributed by atoms with Crippen LogP contribution >= 0.6 is 0 Å². The quantitative estimate of drug-likeness (QED) is 0.149. The molecule has 0 N–H and O–H groups in total. The highest BCUT2D eigenvalue weighted by atomic mass is 28.5. The fourth-order valence-corrected chi connectivity index (χ4v) is 36.6. The van der Waals surface area contributed by atoms with Crippen LogP contribution in [0.3, 0.4) is 0 Å². The summed E-state index contributed by atoms with van der Waals surface area (Å²) in [5.41, 5.74) is 0. The van der Waals surface area contributed by atoms with Crippen molar-refractivity contribution < 1.29 is 16.5 Å². The maximum Gasteiger partial charge on any atom is 0.317 e. The molecule has 0 aromatic rings. The first kappa shape index (κ1) is 33.5. The number of fused-ring (bicyclic) bond motifs is 8. The van der Waals surface area contributed by atoms with E-state index in [2.05, 4.69) is 74.8 Å². The average molecular weight is 721 g/mol. The first-order valence-corrected chi connectivity index (χ1v) is 30.6. The van der Waals surface area contributed by atoms with Crippen molar-refractivity contribution in [3.63, 3.8) is 0 Å². The van der Waals surface area contributed by atoms with Crippen molar-refractivity contribution in [3.05, 3.63) is 48.6 Å². The number of hydrogen-bond acceptors (Lipinski definition) is 4. The summed E-state index contributed by atoms with van der Waals surface area (Å²) < 4.78 is 31.0. The molecule has 9 rings (SSSR count). The monoisotopic (exact) mass is 720 g/mol. The molecular formula is C40H64O4Si4. The molecule has 0 aromatic carbocycles. The predicted molar refractivity (Wildman–Crippen MR) is 204 cm³/mol. The lowest BCUT2D eigenvalue weighted by atomic mass is 9.91. The van der Waals surface area contributed by atoms with Crippen LogP contribution in [0.1, 0.15) is 77.0 Å². The smallest absolute Gasteiger partial charge is 0.317 e. The van der Waals surface area contributed by atoms with Crippen LogP contribution in [0.4, 0.5) is 0 Å². The van der Waals surface area contributed by atoms with Crippen LogP contribution in [0.15, 0.2) is 48.6 Å². The van der Waals surface area contributed by atoms with Crippen LogP contribution in [0.2, 0.25) is 50.4 Å². The number of rotatable bonds is 12. The molecule has 0 radical (unpaired) electrons. The Hall–Kier alpha value is -0.332. The molecule has 1 saturated heterocycles. The van der Waals surface area contributed by atoms with Crippen LogP contribution in [0.5, 0.6) is 0 Å². The zero-order valence-electron chi connectivity index (χ0n) is 30.5. The highest BCUT2D eigenvalue weighted by molar-refractivity contribution is 6.93. The van der Waals surface area contributed by atoms with Gasteiger partial charge in [0.25, 0.3) is 0 Å². The summed E-state index contributed by atoms with van der Waals surface area (Å²) in [6, 6.07) is 4.43. The van der Waals surface area contributed by atoms with Crippen molar-refractivity contribution in [1.29, 1.82) is 0 Å². The molecule has 4 saturated carbocycles. The van der Waals surface area contributed by atoms with Gasteiger partial charge in [-0.2, -0.15) is 0 Å². The molecule has 9 aliphatic rings.